The van der Waals surface area contributed by atoms with Gasteiger partial charge in [0.05, 0.1) is 11.5 Å². The summed E-state index contributed by atoms with van der Waals surface area (Å²) in [6.07, 6.45) is 1.70. The van der Waals surface area contributed by atoms with Crippen molar-refractivity contribution < 1.29 is 14.4 Å². The fourth-order valence-electron chi connectivity index (χ4n) is 2.43. The van der Waals surface area contributed by atoms with Gasteiger partial charge in [-0.3, -0.25) is 10.1 Å². The van der Waals surface area contributed by atoms with E-state index in [0.29, 0.717) is 32.1 Å². The molecule has 7 heteroatoms. The lowest BCUT2D eigenvalue weighted by Gasteiger charge is -2.13. The summed E-state index contributed by atoms with van der Waals surface area (Å²) in [7, 11) is 0. The van der Waals surface area contributed by atoms with Crippen molar-refractivity contribution in [2.24, 2.45) is 0 Å². The summed E-state index contributed by atoms with van der Waals surface area (Å²) < 4.78 is 11.2. The number of nitro groups is 1. The molecule has 0 radical (unpaired) electrons. The largest absolute Gasteiger partial charge is 0.490 e. The molecule has 27 heavy (non-hydrogen) atoms. The summed E-state index contributed by atoms with van der Waals surface area (Å²) >= 11 is 0. The zero-order valence-corrected chi connectivity index (χ0v) is 15.4. The number of non-ortho nitro benzene ring substituents is 1. The molecular formula is C20H25N3O4. The Kier molecular flexibility index (Phi) is 8.12. The molecule has 0 amide bonds. The van der Waals surface area contributed by atoms with Gasteiger partial charge in [0.25, 0.3) is 5.69 Å². The first-order valence-electron chi connectivity index (χ1n) is 8.82. The summed E-state index contributed by atoms with van der Waals surface area (Å²) in [6, 6.07) is 12.3. The van der Waals surface area contributed by atoms with Crippen LogP contribution in [0.15, 0.2) is 55.1 Å². The van der Waals surface area contributed by atoms with Crippen molar-refractivity contribution in [2.45, 2.75) is 13.5 Å². The second-order valence-electron chi connectivity index (χ2n) is 5.72. The first-order valence-corrected chi connectivity index (χ1v) is 8.82. The van der Waals surface area contributed by atoms with Crippen LogP contribution in [0.5, 0.6) is 11.5 Å². The highest BCUT2D eigenvalue weighted by Crippen LogP contribution is 2.28. The van der Waals surface area contributed by atoms with E-state index >= 15 is 0 Å². The number of rotatable bonds is 12. The van der Waals surface area contributed by atoms with Crippen molar-refractivity contribution in [1.82, 2.24) is 5.32 Å². The Balaban J connectivity index is 1.78. The first kappa shape index (κ1) is 20.3. The summed E-state index contributed by atoms with van der Waals surface area (Å²) in [4.78, 5) is 10.2. The molecule has 0 bridgehead atoms. The average Bonchev–Trinajstić information content (AvgIpc) is 2.67. The molecule has 0 unspecified atom stereocenters. The quantitative estimate of drug-likeness (QED) is 0.256. The second kappa shape index (κ2) is 10.8. The maximum atomic E-state index is 10.6. The molecule has 7 nitrogen and oxygen atoms in total. The minimum atomic E-state index is -0.407. The van der Waals surface area contributed by atoms with E-state index in [0.717, 1.165) is 23.5 Å². The van der Waals surface area contributed by atoms with Crippen molar-refractivity contribution in [3.05, 3.63) is 70.8 Å². The van der Waals surface area contributed by atoms with E-state index in [2.05, 4.69) is 17.2 Å². The maximum absolute atomic E-state index is 10.6. The minimum Gasteiger partial charge on any atom is -0.490 e. The molecule has 0 spiro atoms. The number of hydrogen-bond acceptors (Lipinski definition) is 6. The summed E-state index contributed by atoms with van der Waals surface area (Å²) in [6.45, 7) is 8.74. The SMILES string of the molecule is C=CCOc1ccc(CNCCNc2ccc([N+](=O)[O-])cc2)cc1OCC. The lowest BCUT2D eigenvalue weighted by molar-refractivity contribution is -0.384. The van der Waals surface area contributed by atoms with Crippen LogP contribution in [0.2, 0.25) is 0 Å². The van der Waals surface area contributed by atoms with Crippen molar-refractivity contribution >= 4 is 11.4 Å². The standard InChI is InChI=1S/C20H25N3O4/c1-3-13-27-19-10-5-16(14-20(19)26-4-2)15-21-11-12-22-17-6-8-18(9-7-17)23(24)25/h3,5-10,14,21-22H,1,4,11-13,15H2,2H3. The number of nitrogens with zero attached hydrogens (tertiary/aromatic N) is 1. The van der Waals surface area contributed by atoms with Crippen LogP contribution in [0, 0.1) is 10.1 Å². The van der Waals surface area contributed by atoms with Gasteiger partial charge in [0.2, 0.25) is 0 Å². The maximum Gasteiger partial charge on any atom is 0.269 e. The van der Waals surface area contributed by atoms with Crippen molar-refractivity contribution in [3.63, 3.8) is 0 Å². The van der Waals surface area contributed by atoms with Gasteiger partial charge in [0, 0.05) is 37.5 Å². The molecule has 2 N–H and O–H groups in total. The number of nitrogens with one attached hydrogen (secondary N) is 2. The Morgan fingerprint density at radius 3 is 2.56 bits per heavy atom. The number of benzene rings is 2. The minimum absolute atomic E-state index is 0.0873. The summed E-state index contributed by atoms with van der Waals surface area (Å²) in [5.41, 5.74) is 2.04. The van der Waals surface area contributed by atoms with E-state index in [-0.39, 0.29) is 5.69 Å². The van der Waals surface area contributed by atoms with E-state index in [1.54, 1.807) is 18.2 Å². The molecule has 0 aliphatic heterocycles. The van der Waals surface area contributed by atoms with Gasteiger partial charge in [-0.05, 0) is 36.8 Å². The van der Waals surface area contributed by atoms with Crippen LogP contribution in [0.4, 0.5) is 11.4 Å². The third-order valence-electron chi connectivity index (χ3n) is 3.70. The smallest absolute Gasteiger partial charge is 0.269 e. The van der Waals surface area contributed by atoms with Crippen LogP contribution in [0.1, 0.15) is 12.5 Å². The highest BCUT2D eigenvalue weighted by atomic mass is 16.6. The Hall–Kier alpha value is -3.06. The summed E-state index contributed by atoms with van der Waals surface area (Å²) in [5, 5.41) is 17.2. The zero-order chi connectivity index (χ0) is 19.5. The molecule has 2 rings (SSSR count). The molecular weight excluding hydrogens is 346 g/mol. The van der Waals surface area contributed by atoms with Gasteiger partial charge in [-0.2, -0.15) is 0 Å². The molecule has 0 aliphatic rings. The predicted molar refractivity (Wildman–Crippen MR) is 107 cm³/mol. The Morgan fingerprint density at radius 1 is 1.11 bits per heavy atom. The number of hydrogen-bond donors (Lipinski definition) is 2. The highest BCUT2D eigenvalue weighted by Gasteiger charge is 2.06. The monoisotopic (exact) mass is 371 g/mol. The molecule has 0 fully saturated rings. The van der Waals surface area contributed by atoms with Gasteiger partial charge >= 0.3 is 0 Å². The van der Waals surface area contributed by atoms with Gasteiger partial charge in [-0.25, -0.2) is 0 Å². The third kappa shape index (κ3) is 6.63. The average molecular weight is 371 g/mol. The van der Waals surface area contributed by atoms with Gasteiger partial charge in [0.1, 0.15) is 6.61 Å². The molecule has 0 atom stereocenters. The molecule has 0 heterocycles. The van der Waals surface area contributed by atoms with Crippen molar-refractivity contribution in [1.29, 1.82) is 0 Å². The zero-order valence-electron chi connectivity index (χ0n) is 15.4. The van der Waals surface area contributed by atoms with E-state index in [1.165, 1.54) is 12.1 Å². The topological polar surface area (TPSA) is 85.7 Å². The fourth-order valence-corrected chi connectivity index (χ4v) is 2.43. The Labute approximate surface area is 159 Å². The van der Waals surface area contributed by atoms with Crippen LogP contribution >= 0.6 is 0 Å². The lowest BCUT2D eigenvalue weighted by atomic mass is 10.2. The lowest BCUT2D eigenvalue weighted by Crippen LogP contribution is -2.21. The normalized spacial score (nSPS) is 10.3. The van der Waals surface area contributed by atoms with Crippen LogP contribution < -0.4 is 20.1 Å². The van der Waals surface area contributed by atoms with Crippen LogP contribution in [0.25, 0.3) is 0 Å². The van der Waals surface area contributed by atoms with Gasteiger partial charge in [0.15, 0.2) is 11.5 Å². The van der Waals surface area contributed by atoms with Gasteiger partial charge < -0.3 is 20.1 Å². The highest BCUT2D eigenvalue weighted by molar-refractivity contribution is 5.48. The molecule has 0 aliphatic carbocycles. The molecule has 2 aromatic carbocycles. The van der Waals surface area contributed by atoms with E-state index < -0.39 is 4.92 Å². The van der Waals surface area contributed by atoms with Gasteiger partial charge in [-0.1, -0.05) is 18.7 Å². The van der Waals surface area contributed by atoms with Crippen molar-refractivity contribution in [2.75, 3.05) is 31.6 Å². The molecule has 144 valence electrons. The second-order valence-corrected chi connectivity index (χ2v) is 5.72. The van der Waals surface area contributed by atoms with Crippen molar-refractivity contribution in [3.8, 4) is 11.5 Å². The van der Waals surface area contributed by atoms with Crippen LogP contribution in [0.3, 0.4) is 0 Å². The van der Waals surface area contributed by atoms with E-state index in [9.17, 15) is 10.1 Å². The third-order valence-corrected chi connectivity index (χ3v) is 3.70. The summed E-state index contributed by atoms with van der Waals surface area (Å²) in [5.74, 6) is 1.43. The number of ether oxygens (including phenoxy) is 2. The number of anilines is 1. The first-order chi connectivity index (χ1) is 13.1. The Morgan fingerprint density at radius 2 is 1.89 bits per heavy atom. The Bertz CT molecular complexity index is 747. The fraction of sp³-hybridized carbons (Fsp3) is 0.300. The van der Waals surface area contributed by atoms with Gasteiger partial charge in [-0.15, -0.1) is 0 Å². The number of nitro benzene ring substituents is 1. The molecule has 0 aromatic heterocycles. The van der Waals surface area contributed by atoms with Crippen LogP contribution in [-0.2, 0) is 6.54 Å². The van der Waals surface area contributed by atoms with Crippen LogP contribution in [-0.4, -0.2) is 31.2 Å². The van der Waals surface area contributed by atoms with E-state index in [1.807, 2.05) is 25.1 Å². The van der Waals surface area contributed by atoms with E-state index in [4.69, 9.17) is 9.47 Å². The molecule has 0 saturated heterocycles. The molecule has 0 saturated carbocycles. The predicted octanol–water partition coefficient (Wildman–Crippen LogP) is 3.76. The molecule has 2 aromatic rings.